The van der Waals surface area contributed by atoms with Gasteiger partial charge in [0, 0.05) is 6.42 Å². The van der Waals surface area contributed by atoms with E-state index in [1.165, 1.54) is 0 Å². The molecule has 4 N–H and O–H groups in total. The van der Waals surface area contributed by atoms with E-state index in [2.05, 4.69) is 14.8 Å². The molecule has 9 heteroatoms. The largest absolute Gasteiger partial charge is 0.480 e. The number of carbonyl (C=O) groups excluding carboxylic acids is 3. The van der Waals surface area contributed by atoms with Crippen LogP contribution in [-0.2, 0) is 28.7 Å². The first-order chi connectivity index (χ1) is 9.33. The number of hydrogen-bond donors (Lipinski definition) is 3. The van der Waals surface area contributed by atoms with E-state index in [4.69, 9.17) is 10.8 Å². The van der Waals surface area contributed by atoms with Crippen LogP contribution >= 0.6 is 0 Å². The van der Waals surface area contributed by atoms with Gasteiger partial charge in [-0.3, -0.25) is 9.59 Å². The van der Waals surface area contributed by atoms with Crippen LogP contribution in [0.4, 0.5) is 0 Å². The zero-order valence-electron chi connectivity index (χ0n) is 11.3. The third-order valence-corrected chi connectivity index (χ3v) is 2.30. The van der Waals surface area contributed by atoms with Gasteiger partial charge in [0.2, 0.25) is 5.91 Å². The lowest BCUT2D eigenvalue weighted by molar-refractivity contribution is -0.150. The summed E-state index contributed by atoms with van der Waals surface area (Å²) in [6.07, 6.45) is -0.369. The molecule has 0 aliphatic rings. The number of hydrogen-bond acceptors (Lipinski definition) is 7. The molecule has 0 aliphatic heterocycles. The third-order valence-electron chi connectivity index (χ3n) is 2.30. The maximum atomic E-state index is 11.6. The van der Waals surface area contributed by atoms with Crippen molar-refractivity contribution in [3.63, 3.8) is 0 Å². The van der Waals surface area contributed by atoms with Gasteiger partial charge >= 0.3 is 17.9 Å². The minimum Gasteiger partial charge on any atom is -0.480 e. The van der Waals surface area contributed by atoms with Crippen molar-refractivity contribution in [3.8, 4) is 0 Å². The number of nitrogens with one attached hydrogen (secondary N) is 1. The molecule has 0 heterocycles. The summed E-state index contributed by atoms with van der Waals surface area (Å²) in [5, 5.41) is 11.0. The number of rotatable bonds is 8. The number of amides is 1. The molecule has 114 valence electrons. The van der Waals surface area contributed by atoms with Crippen molar-refractivity contribution in [2.24, 2.45) is 5.73 Å². The van der Waals surface area contributed by atoms with Crippen LogP contribution in [0.5, 0.6) is 0 Å². The second-order valence-electron chi connectivity index (χ2n) is 3.74. The first-order valence-electron chi connectivity index (χ1n) is 5.85. The molecule has 2 atom stereocenters. The SMILES string of the molecule is CCOC(=O)C(N)C(=O)N[C@@H](CCC(=O)OC)C(=O)O. The Labute approximate surface area is 115 Å². The maximum absolute atomic E-state index is 11.6. The fourth-order valence-corrected chi connectivity index (χ4v) is 1.22. The predicted molar refractivity (Wildman–Crippen MR) is 65.4 cm³/mol. The summed E-state index contributed by atoms with van der Waals surface area (Å²) in [5.41, 5.74) is 5.31. The first kappa shape index (κ1) is 17.8. The highest BCUT2D eigenvalue weighted by molar-refractivity contribution is 6.02. The molecule has 20 heavy (non-hydrogen) atoms. The van der Waals surface area contributed by atoms with E-state index < -0.39 is 35.9 Å². The molecular weight excluding hydrogens is 272 g/mol. The standard InChI is InChI=1S/C11H18N2O7/c1-3-20-11(18)8(12)9(15)13-6(10(16)17)4-5-7(14)19-2/h6,8H,3-5,12H2,1-2H3,(H,13,15)(H,16,17)/t6-,8?/m0/s1. The van der Waals surface area contributed by atoms with Crippen LogP contribution < -0.4 is 11.1 Å². The summed E-state index contributed by atoms with van der Waals surface area (Å²) >= 11 is 0. The van der Waals surface area contributed by atoms with Crippen molar-refractivity contribution in [2.75, 3.05) is 13.7 Å². The monoisotopic (exact) mass is 290 g/mol. The summed E-state index contributed by atoms with van der Waals surface area (Å²) in [4.78, 5) is 44.6. The molecule has 0 aromatic heterocycles. The van der Waals surface area contributed by atoms with Gasteiger partial charge in [-0.15, -0.1) is 0 Å². The molecule has 0 aromatic rings. The average Bonchev–Trinajstić information content (AvgIpc) is 2.41. The highest BCUT2D eigenvalue weighted by Gasteiger charge is 2.28. The Kier molecular flexibility index (Phi) is 7.90. The summed E-state index contributed by atoms with van der Waals surface area (Å²) in [7, 11) is 1.16. The lowest BCUT2D eigenvalue weighted by atomic mass is 10.1. The molecular formula is C11H18N2O7. The van der Waals surface area contributed by atoms with E-state index in [9.17, 15) is 19.2 Å². The Hall–Kier alpha value is -2.16. The van der Waals surface area contributed by atoms with Crippen LogP contribution in [0, 0.1) is 0 Å². The fourth-order valence-electron chi connectivity index (χ4n) is 1.22. The van der Waals surface area contributed by atoms with Crippen LogP contribution in [0.2, 0.25) is 0 Å². The molecule has 0 fully saturated rings. The van der Waals surface area contributed by atoms with Crippen LogP contribution in [0.1, 0.15) is 19.8 Å². The number of carboxylic acids is 1. The lowest BCUT2D eigenvalue weighted by Crippen LogP contribution is -2.52. The Balaban J connectivity index is 4.51. The van der Waals surface area contributed by atoms with Gasteiger partial charge in [-0.05, 0) is 13.3 Å². The van der Waals surface area contributed by atoms with Gasteiger partial charge in [0.05, 0.1) is 13.7 Å². The molecule has 0 saturated carbocycles. The van der Waals surface area contributed by atoms with Crippen molar-refractivity contribution < 1.29 is 33.8 Å². The minimum absolute atomic E-state index is 0.0461. The highest BCUT2D eigenvalue weighted by Crippen LogP contribution is 2.00. The molecule has 0 aromatic carbocycles. The molecule has 0 aliphatic carbocycles. The average molecular weight is 290 g/mol. The van der Waals surface area contributed by atoms with Gasteiger partial charge in [-0.2, -0.15) is 0 Å². The maximum Gasteiger partial charge on any atom is 0.332 e. The molecule has 0 radical (unpaired) electrons. The van der Waals surface area contributed by atoms with E-state index in [0.717, 1.165) is 7.11 Å². The number of methoxy groups -OCH3 is 1. The lowest BCUT2D eigenvalue weighted by Gasteiger charge is -2.16. The van der Waals surface area contributed by atoms with Gasteiger partial charge < -0.3 is 25.6 Å². The summed E-state index contributed by atoms with van der Waals surface area (Å²) < 4.78 is 8.90. The first-order valence-corrected chi connectivity index (χ1v) is 5.85. The van der Waals surface area contributed by atoms with E-state index in [0.29, 0.717) is 0 Å². The van der Waals surface area contributed by atoms with Gasteiger partial charge in [0.25, 0.3) is 0 Å². The smallest absolute Gasteiger partial charge is 0.332 e. The van der Waals surface area contributed by atoms with Gasteiger partial charge in [-0.1, -0.05) is 0 Å². The molecule has 0 rings (SSSR count). The highest BCUT2D eigenvalue weighted by atomic mass is 16.5. The van der Waals surface area contributed by atoms with E-state index >= 15 is 0 Å². The van der Waals surface area contributed by atoms with Crippen LogP contribution in [0.25, 0.3) is 0 Å². The Morgan fingerprint density at radius 1 is 1.30 bits per heavy atom. The van der Waals surface area contributed by atoms with E-state index in [1.54, 1.807) is 6.92 Å². The van der Waals surface area contributed by atoms with Crippen molar-refractivity contribution in [2.45, 2.75) is 31.8 Å². The Morgan fingerprint density at radius 2 is 1.90 bits per heavy atom. The minimum atomic E-state index is -1.62. The third kappa shape index (κ3) is 6.14. The van der Waals surface area contributed by atoms with Crippen LogP contribution in [0.3, 0.4) is 0 Å². The zero-order chi connectivity index (χ0) is 15.7. The van der Waals surface area contributed by atoms with Crippen molar-refractivity contribution in [1.29, 1.82) is 0 Å². The second-order valence-corrected chi connectivity index (χ2v) is 3.74. The topological polar surface area (TPSA) is 145 Å². The zero-order valence-corrected chi connectivity index (χ0v) is 11.3. The van der Waals surface area contributed by atoms with E-state index in [1.807, 2.05) is 0 Å². The summed E-state index contributed by atoms with van der Waals surface area (Å²) in [6, 6.07) is -2.96. The number of carbonyl (C=O) groups is 4. The second kappa shape index (κ2) is 8.86. The summed E-state index contributed by atoms with van der Waals surface area (Å²) in [6.45, 7) is 1.59. The fraction of sp³-hybridized carbons (Fsp3) is 0.636. The molecule has 1 amide bonds. The van der Waals surface area contributed by atoms with Gasteiger partial charge in [0.1, 0.15) is 6.04 Å². The molecule has 9 nitrogen and oxygen atoms in total. The van der Waals surface area contributed by atoms with Crippen molar-refractivity contribution in [1.82, 2.24) is 5.32 Å². The van der Waals surface area contributed by atoms with Gasteiger partial charge in [-0.25, -0.2) is 9.59 Å². The number of nitrogens with two attached hydrogens (primary N) is 1. The number of aliphatic carboxylic acids is 1. The molecule has 0 bridgehead atoms. The Bertz CT molecular complexity index is 383. The van der Waals surface area contributed by atoms with Gasteiger partial charge in [0.15, 0.2) is 6.04 Å². The Morgan fingerprint density at radius 3 is 2.35 bits per heavy atom. The quantitative estimate of drug-likeness (QED) is 0.358. The summed E-state index contributed by atoms with van der Waals surface area (Å²) in [5.74, 6) is -3.90. The number of esters is 2. The van der Waals surface area contributed by atoms with Crippen LogP contribution in [-0.4, -0.2) is 54.7 Å². The molecule has 1 unspecified atom stereocenters. The predicted octanol–water partition coefficient (Wildman–Crippen LogP) is -1.60. The van der Waals surface area contributed by atoms with E-state index in [-0.39, 0.29) is 19.4 Å². The molecule has 0 saturated heterocycles. The van der Waals surface area contributed by atoms with Crippen molar-refractivity contribution in [3.05, 3.63) is 0 Å². The number of carboxylic acid groups (broad SMARTS) is 1. The van der Waals surface area contributed by atoms with Crippen LogP contribution in [0.15, 0.2) is 0 Å². The van der Waals surface area contributed by atoms with Crippen molar-refractivity contribution >= 4 is 23.8 Å². The molecule has 0 spiro atoms. The normalized spacial score (nSPS) is 12.9. The number of ether oxygens (including phenoxy) is 2.